The summed E-state index contributed by atoms with van der Waals surface area (Å²) in [5.41, 5.74) is 1.63. The molecule has 2 heterocycles. The lowest BCUT2D eigenvalue weighted by atomic mass is 10.1. The molecule has 10 heteroatoms. The zero-order valence-corrected chi connectivity index (χ0v) is 15.7. The van der Waals surface area contributed by atoms with Gasteiger partial charge in [0.25, 0.3) is 5.95 Å². The van der Waals surface area contributed by atoms with Gasteiger partial charge >= 0.3 is 6.03 Å². The fourth-order valence-corrected chi connectivity index (χ4v) is 2.73. The maximum absolute atomic E-state index is 13.5. The molecule has 144 valence electrons. The van der Waals surface area contributed by atoms with Crippen molar-refractivity contribution in [3.05, 3.63) is 40.6 Å². The van der Waals surface area contributed by atoms with E-state index >= 15 is 0 Å². The number of carbonyl (C=O) groups is 1. The predicted molar refractivity (Wildman–Crippen MR) is 101 cm³/mol. The molecule has 0 saturated carbocycles. The number of carbonyl (C=O) groups excluding carboxylic acids is 1. The van der Waals surface area contributed by atoms with Crippen LogP contribution in [0, 0.1) is 5.82 Å². The first-order valence-corrected chi connectivity index (χ1v) is 8.78. The molecular weight excluding hydrogens is 375 g/mol. The van der Waals surface area contributed by atoms with Gasteiger partial charge in [-0.05, 0) is 29.3 Å². The van der Waals surface area contributed by atoms with Crippen molar-refractivity contribution in [1.29, 1.82) is 0 Å². The molecule has 0 aliphatic heterocycles. The molecule has 0 bridgehead atoms. The summed E-state index contributed by atoms with van der Waals surface area (Å²) in [6.07, 6.45) is 2.82. The number of anilines is 1. The Balaban J connectivity index is 1.42. The normalized spacial score (nSPS) is 11.0. The second-order valence-electron chi connectivity index (χ2n) is 6.19. The van der Waals surface area contributed by atoms with E-state index in [4.69, 9.17) is 16.1 Å². The molecule has 0 aliphatic carbocycles. The molecule has 8 nitrogen and oxygen atoms in total. The molecule has 3 rings (SSSR count). The van der Waals surface area contributed by atoms with E-state index in [0.29, 0.717) is 43.3 Å². The topological polar surface area (TPSA) is 99.1 Å². The van der Waals surface area contributed by atoms with Crippen LogP contribution in [0.4, 0.5) is 15.1 Å². The van der Waals surface area contributed by atoms with Gasteiger partial charge in [0.1, 0.15) is 5.82 Å². The van der Waals surface area contributed by atoms with Crippen molar-refractivity contribution in [3.63, 3.8) is 0 Å². The van der Waals surface area contributed by atoms with E-state index in [2.05, 4.69) is 25.8 Å². The number of urea groups is 1. The highest BCUT2D eigenvalue weighted by Crippen LogP contribution is 2.25. The number of halogens is 2. The Morgan fingerprint density at radius 1 is 1.30 bits per heavy atom. The molecule has 0 unspecified atom stereocenters. The number of nitrogens with zero attached hydrogens (tertiary/aromatic N) is 3. The first-order valence-electron chi connectivity index (χ1n) is 8.40. The SMILES string of the molecule is CN(C)c1noc(CCNC(=O)NCCc2c[nH]c3cc(F)c(Cl)cc23)n1. The zero-order valence-electron chi connectivity index (χ0n) is 15.0. The van der Waals surface area contributed by atoms with Gasteiger partial charge < -0.3 is 25.0 Å². The van der Waals surface area contributed by atoms with Gasteiger partial charge in [-0.1, -0.05) is 11.6 Å². The third-order valence-corrected chi connectivity index (χ3v) is 4.26. The summed E-state index contributed by atoms with van der Waals surface area (Å²) in [6.45, 7) is 0.808. The average Bonchev–Trinajstić information content (AvgIpc) is 3.23. The van der Waals surface area contributed by atoms with E-state index in [9.17, 15) is 9.18 Å². The van der Waals surface area contributed by atoms with E-state index in [1.807, 2.05) is 14.1 Å². The van der Waals surface area contributed by atoms with Crippen LogP contribution in [-0.2, 0) is 12.8 Å². The van der Waals surface area contributed by atoms with Crippen LogP contribution >= 0.6 is 11.6 Å². The Labute approximate surface area is 160 Å². The van der Waals surface area contributed by atoms with Crippen LogP contribution in [0.1, 0.15) is 11.5 Å². The Hall–Kier alpha value is -2.81. The Kier molecular flexibility index (Phi) is 5.80. The number of amides is 2. The monoisotopic (exact) mass is 394 g/mol. The summed E-state index contributed by atoms with van der Waals surface area (Å²) in [5.74, 6) is 0.490. The zero-order chi connectivity index (χ0) is 19.4. The summed E-state index contributed by atoms with van der Waals surface area (Å²) < 4.78 is 18.5. The summed E-state index contributed by atoms with van der Waals surface area (Å²) in [6, 6.07) is 2.66. The number of hydrogen-bond acceptors (Lipinski definition) is 5. The van der Waals surface area contributed by atoms with Crippen molar-refractivity contribution in [2.75, 3.05) is 32.1 Å². The van der Waals surface area contributed by atoms with Gasteiger partial charge in [-0.25, -0.2) is 9.18 Å². The maximum Gasteiger partial charge on any atom is 0.314 e. The minimum atomic E-state index is -0.464. The van der Waals surface area contributed by atoms with Gasteiger partial charge in [0.05, 0.1) is 5.02 Å². The second-order valence-corrected chi connectivity index (χ2v) is 6.60. The van der Waals surface area contributed by atoms with E-state index < -0.39 is 5.82 Å². The highest BCUT2D eigenvalue weighted by Gasteiger charge is 2.10. The lowest BCUT2D eigenvalue weighted by Gasteiger charge is -2.06. The molecule has 2 amide bonds. The number of aromatic amines is 1. The predicted octanol–water partition coefficient (Wildman–Crippen LogP) is 2.49. The number of nitrogens with one attached hydrogen (secondary N) is 3. The van der Waals surface area contributed by atoms with Crippen LogP contribution in [-0.4, -0.2) is 48.3 Å². The van der Waals surface area contributed by atoms with Crippen LogP contribution in [0.3, 0.4) is 0 Å². The molecule has 0 radical (unpaired) electrons. The molecule has 3 aromatic rings. The first kappa shape index (κ1) is 19.0. The van der Waals surface area contributed by atoms with Crippen LogP contribution in [0.2, 0.25) is 5.02 Å². The number of rotatable bonds is 7. The molecule has 3 N–H and O–H groups in total. The molecule has 0 fully saturated rings. The van der Waals surface area contributed by atoms with Gasteiger partial charge in [0.2, 0.25) is 5.89 Å². The number of hydrogen-bond donors (Lipinski definition) is 3. The van der Waals surface area contributed by atoms with Crippen LogP contribution in [0.15, 0.2) is 22.9 Å². The number of aromatic nitrogens is 3. The minimum absolute atomic E-state index is 0.0764. The summed E-state index contributed by atoms with van der Waals surface area (Å²) in [7, 11) is 3.64. The van der Waals surface area contributed by atoms with Gasteiger partial charge in [-0.2, -0.15) is 4.98 Å². The summed E-state index contributed by atoms with van der Waals surface area (Å²) in [5, 5.41) is 10.2. The molecule has 0 atom stereocenters. The van der Waals surface area contributed by atoms with Crippen LogP contribution < -0.4 is 15.5 Å². The number of fused-ring (bicyclic) bond motifs is 1. The Morgan fingerprint density at radius 2 is 2.04 bits per heavy atom. The molecular formula is C17H20ClFN6O2. The Bertz CT molecular complexity index is 939. The van der Waals surface area contributed by atoms with Gasteiger partial charge in [-0.15, -0.1) is 0 Å². The highest BCUT2D eigenvalue weighted by atomic mass is 35.5. The van der Waals surface area contributed by atoms with E-state index in [1.165, 1.54) is 6.07 Å². The summed E-state index contributed by atoms with van der Waals surface area (Å²) >= 11 is 5.84. The quantitative estimate of drug-likeness (QED) is 0.571. The molecule has 2 aromatic heterocycles. The van der Waals surface area contributed by atoms with Crippen molar-refractivity contribution in [3.8, 4) is 0 Å². The van der Waals surface area contributed by atoms with Gasteiger partial charge in [0.15, 0.2) is 0 Å². The van der Waals surface area contributed by atoms with Gasteiger partial charge in [0, 0.05) is 50.7 Å². The van der Waals surface area contributed by atoms with Crippen LogP contribution in [0.5, 0.6) is 0 Å². The second kappa shape index (κ2) is 8.26. The maximum atomic E-state index is 13.5. The van der Waals surface area contributed by atoms with Crippen LogP contribution in [0.25, 0.3) is 10.9 Å². The molecule has 27 heavy (non-hydrogen) atoms. The molecule has 0 spiro atoms. The fourth-order valence-electron chi connectivity index (χ4n) is 2.57. The molecule has 0 saturated heterocycles. The lowest BCUT2D eigenvalue weighted by molar-refractivity contribution is 0.240. The van der Waals surface area contributed by atoms with Crippen molar-refractivity contribution < 1.29 is 13.7 Å². The first-order chi connectivity index (χ1) is 12.9. The third kappa shape index (κ3) is 4.68. The summed E-state index contributed by atoms with van der Waals surface area (Å²) in [4.78, 5) is 20.8. The third-order valence-electron chi connectivity index (χ3n) is 3.97. The van der Waals surface area contributed by atoms with Crippen molar-refractivity contribution in [2.45, 2.75) is 12.8 Å². The molecule has 1 aromatic carbocycles. The minimum Gasteiger partial charge on any atom is -0.361 e. The van der Waals surface area contributed by atoms with E-state index in [-0.39, 0.29) is 11.1 Å². The Morgan fingerprint density at radius 3 is 2.74 bits per heavy atom. The number of benzene rings is 1. The molecule has 0 aliphatic rings. The standard InChI is InChI=1S/C17H20ClFN6O2/c1-25(2)16-23-15(27-24-16)4-6-21-17(26)20-5-3-10-9-22-14-8-13(19)12(18)7-11(10)14/h7-9,22H,3-6H2,1-2H3,(H2,20,21,26). The van der Waals surface area contributed by atoms with E-state index in [0.717, 1.165) is 10.9 Å². The highest BCUT2D eigenvalue weighted by molar-refractivity contribution is 6.31. The number of H-pyrrole nitrogens is 1. The van der Waals surface area contributed by atoms with Crippen molar-refractivity contribution in [1.82, 2.24) is 25.8 Å². The average molecular weight is 395 g/mol. The van der Waals surface area contributed by atoms with Crippen molar-refractivity contribution in [2.24, 2.45) is 0 Å². The van der Waals surface area contributed by atoms with Crippen molar-refractivity contribution >= 4 is 34.5 Å². The smallest absolute Gasteiger partial charge is 0.314 e. The fraction of sp³-hybridized carbons (Fsp3) is 0.353. The van der Waals surface area contributed by atoms with Gasteiger partial charge in [-0.3, -0.25) is 0 Å². The largest absolute Gasteiger partial charge is 0.361 e. The lowest BCUT2D eigenvalue weighted by Crippen LogP contribution is -2.37. The van der Waals surface area contributed by atoms with E-state index in [1.54, 1.807) is 17.2 Å².